The van der Waals surface area contributed by atoms with Gasteiger partial charge in [-0.25, -0.2) is 14.4 Å². The quantitative estimate of drug-likeness (QED) is 0.595. The van der Waals surface area contributed by atoms with Crippen molar-refractivity contribution >= 4 is 16.7 Å². The Labute approximate surface area is 138 Å². The molecule has 118 valence electrons. The first-order valence-electron chi connectivity index (χ1n) is 7.55. The van der Waals surface area contributed by atoms with E-state index >= 15 is 0 Å². The predicted molar refractivity (Wildman–Crippen MR) is 91.0 cm³/mol. The smallest absolute Gasteiger partial charge is 0.137 e. The van der Waals surface area contributed by atoms with Gasteiger partial charge in [0.2, 0.25) is 0 Å². The topological polar surface area (TPSA) is 51.0 Å². The first-order chi connectivity index (χ1) is 11.8. The molecule has 0 aliphatic heterocycles. The number of nitrogens with zero attached hydrogens (tertiary/aromatic N) is 2. The summed E-state index contributed by atoms with van der Waals surface area (Å²) in [7, 11) is 0. The molecule has 0 unspecified atom stereocenters. The Hall–Kier alpha value is -3.21. The van der Waals surface area contributed by atoms with Crippen LogP contribution < -0.4 is 5.32 Å². The maximum absolute atomic E-state index is 13.3. The van der Waals surface area contributed by atoms with Crippen molar-refractivity contribution in [3.05, 3.63) is 78.8 Å². The Morgan fingerprint density at radius 1 is 1.00 bits per heavy atom. The zero-order chi connectivity index (χ0) is 16.4. The van der Waals surface area contributed by atoms with Gasteiger partial charge in [0.15, 0.2) is 0 Å². The molecule has 0 radical (unpaired) electrons. The zero-order valence-electron chi connectivity index (χ0n) is 12.7. The van der Waals surface area contributed by atoms with Crippen molar-refractivity contribution < 1.29 is 8.81 Å². The van der Waals surface area contributed by atoms with Crippen molar-refractivity contribution in [3.8, 4) is 11.1 Å². The summed E-state index contributed by atoms with van der Waals surface area (Å²) in [5.41, 5.74) is 3.73. The molecule has 2 heterocycles. The van der Waals surface area contributed by atoms with Crippen LogP contribution in [0.25, 0.3) is 22.0 Å². The number of aromatic nitrogens is 2. The second kappa shape index (κ2) is 6.12. The van der Waals surface area contributed by atoms with Gasteiger partial charge in [-0.15, -0.1) is 0 Å². The van der Waals surface area contributed by atoms with Gasteiger partial charge in [-0.05, 0) is 41.5 Å². The summed E-state index contributed by atoms with van der Waals surface area (Å²) >= 11 is 0. The lowest BCUT2D eigenvalue weighted by molar-refractivity contribution is 0.568. The van der Waals surface area contributed by atoms with Crippen LogP contribution in [0.2, 0.25) is 0 Å². The molecule has 2 aromatic heterocycles. The Balaban J connectivity index is 1.68. The number of fused-ring (bicyclic) bond motifs is 1. The maximum Gasteiger partial charge on any atom is 0.137 e. The maximum atomic E-state index is 13.3. The molecule has 0 saturated heterocycles. The molecule has 0 fully saturated rings. The van der Waals surface area contributed by atoms with Crippen LogP contribution in [0.15, 0.2) is 71.8 Å². The second-order valence-corrected chi connectivity index (χ2v) is 5.45. The molecule has 0 saturated carbocycles. The van der Waals surface area contributed by atoms with Crippen LogP contribution in [-0.2, 0) is 6.54 Å². The largest absolute Gasteiger partial charge is 0.472 e. The molecule has 4 rings (SSSR count). The average molecular weight is 319 g/mol. The van der Waals surface area contributed by atoms with E-state index in [1.807, 2.05) is 30.3 Å². The number of rotatable bonds is 4. The molecule has 0 atom stereocenters. The summed E-state index contributed by atoms with van der Waals surface area (Å²) in [6, 6.07) is 14.4. The van der Waals surface area contributed by atoms with Crippen LogP contribution in [0.1, 0.15) is 5.56 Å². The number of benzene rings is 2. The van der Waals surface area contributed by atoms with Gasteiger partial charge < -0.3 is 9.73 Å². The molecule has 2 aromatic carbocycles. The SMILES string of the molecule is Fc1cccc(CNc2ncnc3ccc(-c4ccoc4)cc23)c1. The molecule has 24 heavy (non-hydrogen) atoms. The van der Waals surface area contributed by atoms with E-state index in [0.717, 1.165) is 33.4 Å². The first-order valence-corrected chi connectivity index (χ1v) is 7.55. The van der Waals surface area contributed by atoms with Gasteiger partial charge in [-0.1, -0.05) is 18.2 Å². The van der Waals surface area contributed by atoms with Gasteiger partial charge in [0, 0.05) is 17.5 Å². The molecule has 0 amide bonds. The van der Waals surface area contributed by atoms with Gasteiger partial charge >= 0.3 is 0 Å². The molecule has 1 N–H and O–H groups in total. The third-order valence-electron chi connectivity index (χ3n) is 3.84. The number of nitrogens with one attached hydrogen (secondary N) is 1. The number of hydrogen-bond acceptors (Lipinski definition) is 4. The van der Waals surface area contributed by atoms with Gasteiger partial charge in [0.25, 0.3) is 0 Å². The van der Waals surface area contributed by atoms with Crippen molar-refractivity contribution in [2.45, 2.75) is 6.54 Å². The molecule has 0 bridgehead atoms. The third-order valence-corrected chi connectivity index (χ3v) is 3.84. The van der Waals surface area contributed by atoms with Crippen molar-refractivity contribution in [3.63, 3.8) is 0 Å². The van der Waals surface area contributed by atoms with Crippen LogP contribution in [0.5, 0.6) is 0 Å². The fourth-order valence-corrected chi connectivity index (χ4v) is 2.64. The Kier molecular flexibility index (Phi) is 3.67. The lowest BCUT2D eigenvalue weighted by Gasteiger charge is -2.09. The number of halogens is 1. The van der Waals surface area contributed by atoms with Crippen molar-refractivity contribution in [1.29, 1.82) is 0 Å². The van der Waals surface area contributed by atoms with Gasteiger partial charge in [0.1, 0.15) is 18.0 Å². The fraction of sp³-hybridized carbons (Fsp3) is 0.0526. The van der Waals surface area contributed by atoms with Crippen LogP contribution in [-0.4, -0.2) is 9.97 Å². The lowest BCUT2D eigenvalue weighted by Crippen LogP contribution is -2.03. The molecule has 4 aromatic rings. The van der Waals surface area contributed by atoms with Crippen LogP contribution >= 0.6 is 0 Å². The molecule has 0 aliphatic rings. The van der Waals surface area contributed by atoms with Crippen molar-refractivity contribution in [2.24, 2.45) is 0 Å². The van der Waals surface area contributed by atoms with Crippen molar-refractivity contribution in [1.82, 2.24) is 9.97 Å². The van der Waals surface area contributed by atoms with Gasteiger partial charge in [-0.3, -0.25) is 0 Å². The number of anilines is 1. The van der Waals surface area contributed by atoms with E-state index in [4.69, 9.17) is 4.42 Å². The highest BCUT2D eigenvalue weighted by atomic mass is 19.1. The highest BCUT2D eigenvalue weighted by Gasteiger charge is 2.07. The predicted octanol–water partition coefficient (Wildman–Crippen LogP) is 4.64. The standard InChI is InChI=1S/C19H14FN3O/c20-16-3-1-2-13(8-16)10-21-19-17-9-14(15-6-7-24-11-15)4-5-18(17)22-12-23-19/h1-9,11-12H,10H2,(H,21,22,23). The molecular weight excluding hydrogens is 305 g/mol. The lowest BCUT2D eigenvalue weighted by atomic mass is 10.1. The molecular formula is C19H14FN3O. The minimum Gasteiger partial charge on any atom is -0.472 e. The Morgan fingerprint density at radius 2 is 1.96 bits per heavy atom. The van der Waals surface area contributed by atoms with E-state index in [1.165, 1.54) is 18.5 Å². The highest BCUT2D eigenvalue weighted by Crippen LogP contribution is 2.27. The van der Waals surface area contributed by atoms with E-state index in [-0.39, 0.29) is 5.82 Å². The van der Waals surface area contributed by atoms with Crippen LogP contribution in [0, 0.1) is 5.82 Å². The molecule has 4 nitrogen and oxygen atoms in total. The van der Waals surface area contributed by atoms with E-state index in [1.54, 1.807) is 18.6 Å². The summed E-state index contributed by atoms with van der Waals surface area (Å²) in [6.45, 7) is 0.486. The fourth-order valence-electron chi connectivity index (χ4n) is 2.64. The molecule has 0 spiro atoms. The molecule has 5 heteroatoms. The summed E-state index contributed by atoms with van der Waals surface area (Å²) < 4.78 is 18.4. The summed E-state index contributed by atoms with van der Waals surface area (Å²) in [5.74, 6) is 0.471. The normalized spacial score (nSPS) is 10.9. The minimum absolute atomic E-state index is 0.246. The number of furan rings is 1. The monoisotopic (exact) mass is 319 g/mol. The first kappa shape index (κ1) is 14.4. The zero-order valence-corrected chi connectivity index (χ0v) is 12.7. The molecule has 0 aliphatic carbocycles. The van der Waals surface area contributed by atoms with Gasteiger partial charge in [0.05, 0.1) is 18.0 Å². The average Bonchev–Trinajstić information content (AvgIpc) is 3.14. The summed E-state index contributed by atoms with van der Waals surface area (Å²) in [4.78, 5) is 8.63. The van der Waals surface area contributed by atoms with E-state index in [9.17, 15) is 4.39 Å². The highest BCUT2D eigenvalue weighted by molar-refractivity contribution is 5.92. The van der Waals surface area contributed by atoms with Gasteiger partial charge in [-0.2, -0.15) is 0 Å². The third kappa shape index (κ3) is 2.84. The minimum atomic E-state index is -0.246. The summed E-state index contributed by atoms with van der Waals surface area (Å²) in [6.07, 6.45) is 4.86. The van der Waals surface area contributed by atoms with Crippen LogP contribution in [0.4, 0.5) is 10.2 Å². The summed E-state index contributed by atoms with van der Waals surface area (Å²) in [5, 5.41) is 4.17. The van der Waals surface area contributed by atoms with Crippen LogP contribution in [0.3, 0.4) is 0 Å². The van der Waals surface area contributed by atoms with E-state index in [2.05, 4.69) is 15.3 Å². The number of hydrogen-bond donors (Lipinski definition) is 1. The van der Waals surface area contributed by atoms with Crippen molar-refractivity contribution in [2.75, 3.05) is 5.32 Å². The second-order valence-electron chi connectivity index (χ2n) is 5.45. The Morgan fingerprint density at radius 3 is 2.79 bits per heavy atom. The van der Waals surface area contributed by atoms with E-state index < -0.39 is 0 Å². The van der Waals surface area contributed by atoms with E-state index in [0.29, 0.717) is 6.54 Å². The Bertz CT molecular complexity index is 983.